The predicted octanol–water partition coefficient (Wildman–Crippen LogP) is 0.810. The van der Waals surface area contributed by atoms with Crippen molar-refractivity contribution in [1.29, 1.82) is 0 Å². The van der Waals surface area contributed by atoms with Crippen molar-refractivity contribution in [2.24, 2.45) is 11.8 Å². The zero-order valence-electron chi connectivity index (χ0n) is 7.95. The summed E-state index contributed by atoms with van der Waals surface area (Å²) in [6.45, 7) is 2.98. The summed E-state index contributed by atoms with van der Waals surface area (Å²) in [6, 6.07) is 0. The van der Waals surface area contributed by atoms with E-state index in [-0.39, 0.29) is 6.10 Å². The van der Waals surface area contributed by atoms with Gasteiger partial charge in [-0.05, 0) is 25.2 Å². The van der Waals surface area contributed by atoms with E-state index in [2.05, 4.69) is 0 Å². The molecule has 0 spiro atoms. The number of rotatable bonds is 5. The van der Waals surface area contributed by atoms with E-state index in [4.69, 9.17) is 9.47 Å². The monoisotopic (exact) mass is 186 g/mol. The summed E-state index contributed by atoms with van der Waals surface area (Å²) < 4.78 is 10.7. The van der Waals surface area contributed by atoms with Crippen LogP contribution in [-0.4, -0.2) is 37.6 Å². The first-order valence-corrected chi connectivity index (χ1v) is 5.20. The van der Waals surface area contributed by atoms with Crippen molar-refractivity contribution in [3.8, 4) is 0 Å². The summed E-state index contributed by atoms with van der Waals surface area (Å²) in [7, 11) is 0. The predicted molar refractivity (Wildman–Crippen MR) is 48.5 cm³/mol. The first-order valence-electron chi connectivity index (χ1n) is 5.20. The van der Waals surface area contributed by atoms with Crippen molar-refractivity contribution in [3.05, 3.63) is 0 Å². The van der Waals surface area contributed by atoms with Gasteiger partial charge in [0.25, 0.3) is 0 Å². The Kier molecular flexibility index (Phi) is 3.19. The molecule has 2 unspecified atom stereocenters. The van der Waals surface area contributed by atoms with Crippen LogP contribution in [0.1, 0.15) is 19.3 Å². The Morgan fingerprint density at radius 1 is 1.38 bits per heavy atom. The Labute approximate surface area is 79.0 Å². The second-order valence-electron chi connectivity index (χ2n) is 4.17. The molecular formula is C10H18O3. The van der Waals surface area contributed by atoms with E-state index in [1.807, 2.05) is 0 Å². The maximum Gasteiger partial charge on any atom is 0.0801 e. The van der Waals surface area contributed by atoms with Gasteiger partial charge in [-0.1, -0.05) is 0 Å². The summed E-state index contributed by atoms with van der Waals surface area (Å²) in [5.74, 6) is 1.09. The maximum absolute atomic E-state index is 9.51. The highest BCUT2D eigenvalue weighted by Crippen LogP contribution is 2.32. The molecule has 3 nitrogen and oxygen atoms in total. The number of aliphatic hydroxyl groups is 1. The molecule has 0 aromatic rings. The van der Waals surface area contributed by atoms with E-state index in [0.29, 0.717) is 18.4 Å². The first-order chi connectivity index (χ1) is 6.36. The third-order valence-electron chi connectivity index (χ3n) is 2.83. The zero-order valence-corrected chi connectivity index (χ0v) is 7.95. The highest BCUT2D eigenvalue weighted by Gasteiger charge is 2.29. The average molecular weight is 186 g/mol. The molecule has 1 heterocycles. The van der Waals surface area contributed by atoms with Gasteiger partial charge in [0, 0.05) is 12.5 Å². The molecular weight excluding hydrogens is 168 g/mol. The van der Waals surface area contributed by atoms with Crippen molar-refractivity contribution in [1.82, 2.24) is 0 Å². The molecule has 0 amide bonds. The molecule has 3 heteroatoms. The van der Waals surface area contributed by atoms with Crippen LogP contribution in [0.3, 0.4) is 0 Å². The molecule has 2 atom stereocenters. The lowest BCUT2D eigenvalue weighted by molar-refractivity contribution is 0.00999. The molecule has 76 valence electrons. The van der Waals surface area contributed by atoms with Gasteiger partial charge < -0.3 is 14.6 Å². The van der Waals surface area contributed by atoms with Gasteiger partial charge in [0.15, 0.2) is 0 Å². The minimum atomic E-state index is -0.220. The van der Waals surface area contributed by atoms with Gasteiger partial charge in [-0.15, -0.1) is 0 Å². The standard InChI is InChI=1S/C10H18O3/c11-10(9-1-2-9)7-13-6-8-3-4-12-5-8/h8-11H,1-7H2. The molecule has 1 aliphatic heterocycles. The van der Waals surface area contributed by atoms with Crippen molar-refractivity contribution in [3.63, 3.8) is 0 Å². The summed E-state index contributed by atoms with van der Waals surface area (Å²) >= 11 is 0. The Morgan fingerprint density at radius 2 is 2.23 bits per heavy atom. The van der Waals surface area contributed by atoms with Gasteiger partial charge in [0.1, 0.15) is 0 Å². The van der Waals surface area contributed by atoms with E-state index in [1.165, 1.54) is 12.8 Å². The average Bonchev–Trinajstić information content (AvgIpc) is 2.86. The lowest BCUT2D eigenvalue weighted by atomic mass is 10.1. The van der Waals surface area contributed by atoms with Crippen molar-refractivity contribution in [2.45, 2.75) is 25.4 Å². The smallest absolute Gasteiger partial charge is 0.0801 e. The lowest BCUT2D eigenvalue weighted by Crippen LogP contribution is -2.20. The molecule has 1 aliphatic carbocycles. The molecule has 2 fully saturated rings. The van der Waals surface area contributed by atoms with Crippen LogP contribution in [0.15, 0.2) is 0 Å². The normalized spacial score (nSPS) is 30.7. The molecule has 0 aromatic heterocycles. The van der Waals surface area contributed by atoms with Crippen molar-refractivity contribution < 1.29 is 14.6 Å². The first kappa shape index (κ1) is 9.44. The molecule has 0 aromatic carbocycles. The zero-order chi connectivity index (χ0) is 9.10. The molecule has 0 radical (unpaired) electrons. The van der Waals surface area contributed by atoms with Gasteiger partial charge in [0.05, 0.1) is 25.9 Å². The van der Waals surface area contributed by atoms with Gasteiger partial charge in [-0.2, -0.15) is 0 Å². The van der Waals surface area contributed by atoms with Crippen LogP contribution in [0.25, 0.3) is 0 Å². The van der Waals surface area contributed by atoms with Gasteiger partial charge in [-0.3, -0.25) is 0 Å². The van der Waals surface area contributed by atoms with Crippen LogP contribution in [-0.2, 0) is 9.47 Å². The number of ether oxygens (including phenoxy) is 2. The van der Waals surface area contributed by atoms with E-state index < -0.39 is 0 Å². The second kappa shape index (κ2) is 4.40. The lowest BCUT2D eigenvalue weighted by Gasteiger charge is -2.12. The second-order valence-corrected chi connectivity index (χ2v) is 4.17. The highest BCUT2D eigenvalue weighted by molar-refractivity contribution is 4.80. The van der Waals surface area contributed by atoms with Crippen LogP contribution in [0.4, 0.5) is 0 Å². The Morgan fingerprint density at radius 3 is 2.85 bits per heavy atom. The third kappa shape index (κ3) is 2.93. The van der Waals surface area contributed by atoms with Crippen LogP contribution < -0.4 is 0 Å². The fourth-order valence-corrected chi connectivity index (χ4v) is 1.69. The highest BCUT2D eigenvalue weighted by atomic mass is 16.5. The maximum atomic E-state index is 9.51. The molecule has 1 saturated carbocycles. The van der Waals surface area contributed by atoms with Crippen LogP contribution in [0.5, 0.6) is 0 Å². The van der Waals surface area contributed by atoms with E-state index in [9.17, 15) is 5.11 Å². The van der Waals surface area contributed by atoms with Crippen LogP contribution in [0.2, 0.25) is 0 Å². The van der Waals surface area contributed by atoms with Crippen molar-refractivity contribution >= 4 is 0 Å². The number of hydrogen-bond acceptors (Lipinski definition) is 3. The fraction of sp³-hybridized carbons (Fsp3) is 1.00. The summed E-state index contributed by atoms with van der Waals surface area (Å²) in [4.78, 5) is 0. The van der Waals surface area contributed by atoms with Crippen LogP contribution >= 0.6 is 0 Å². The number of aliphatic hydroxyl groups excluding tert-OH is 1. The quantitative estimate of drug-likeness (QED) is 0.690. The minimum absolute atomic E-state index is 0.220. The Bertz CT molecular complexity index is 148. The molecule has 2 rings (SSSR count). The van der Waals surface area contributed by atoms with Gasteiger partial charge in [-0.25, -0.2) is 0 Å². The van der Waals surface area contributed by atoms with Gasteiger partial charge >= 0.3 is 0 Å². The van der Waals surface area contributed by atoms with Crippen molar-refractivity contribution in [2.75, 3.05) is 26.4 Å². The van der Waals surface area contributed by atoms with E-state index in [0.717, 1.165) is 26.2 Å². The van der Waals surface area contributed by atoms with E-state index >= 15 is 0 Å². The molecule has 2 aliphatic rings. The summed E-state index contributed by atoms with van der Waals surface area (Å²) in [5, 5.41) is 9.51. The Balaban J connectivity index is 1.52. The summed E-state index contributed by atoms with van der Waals surface area (Å²) in [5.41, 5.74) is 0. The minimum Gasteiger partial charge on any atom is -0.390 e. The topological polar surface area (TPSA) is 38.7 Å². The number of hydrogen-bond donors (Lipinski definition) is 1. The van der Waals surface area contributed by atoms with E-state index in [1.54, 1.807) is 0 Å². The van der Waals surface area contributed by atoms with Gasteiger partial charge in [0.2, 0.25) is 0 Å². The fourth-order valence-electron chi connectivity index (χ4n) is 1.69. The molecule has 0 bridgehead atoms. The Hall–Kier alpha value is -0.120. The largest absolute Gasteiger partial charge is 0.390 e. The molecule has 1 N–H and O–H groups in total. The third-order valence-corrected chi connectivity index (χ3v) is 2.83. The molecule has 13 heavy (non-hydrogen) atoms. The SMILES string of the molecule is OC(COCC1CCOC1)C1CC1. The summed E-state index contributed by atoms with van der Waals surface area (Å²) in [6.07, 6.45) is 3.25. The van der Waals surface area contributed by atoms with Crippen LogP contribution in [0, 0.1) is 11.8 Å². The molecule has 1 saturated heterocycles.